The maximum absolute atomic E-state index is 13.7. The van der Waals surface area contributed by atoms with Gasteiger partial charge >= 0.3 is 5.97 Å². The number of Topliss-reactive ketones (excluding diaryl/α,β-unsaturated/α-hetero) is 1. The van der Waals surface area contributed by atoms with Crippen LogP contribution in [-0.4, -0.2) is 60.7 Å². The van der Waals surface area contributed by atoms with Gasteiger partial charge in [0, 0.05) is 18.2 Å². The van der Waals surface area contributed by atoms with E-state index in [0.717, 1.165) is 0 Å². The summed E-state index contributed by atoms with van der Waals surface area (Å²) in [5, 5.41) is 10.7. The van der Waals surface area contributed by atoms with Gasteiger partial charge in [-0.2, -0.15) is 0 Å². The standard InChI is InChI=1S/C28H45BrN2O7Si2/c1-18(38-40(10,11)28(5,6)7)23-22(30(25(23)33)39(8,9)27(2,3)4)16-21(29)24(32)26(34)37-17-19-12-14-20(15-13-19)31(35)36/h12-15,18,21-23H,16-17H2,1-11H3/t18-,21?,22-,23-/m1/s1. The van der Waals surface area contributed by atoms with Gasteiger partial charge in [0.05, 0.1) is 21.8 Å². The lowest BCUT2D eigenvalue weighted by molar-refractivity contribution is -0.384. The molecule has 9 nitrogen and oxygen atoms in total. The van der Waals surface area contributed by atoms with Crippen LogP contribution in [0.25, 0.3) is 0 Å². The van der Waals surface area contributed by atoms with Crippen LogP contribution in [-0.2, 0) is 30.2 Å². The van der Waals surface area contributed by atoms with Gasteiger partial charge in [0.15, 0.2) is 16.6 Å². The van der Waals surface area contributed by atoms with E-state index in [2.05, 4.69) is 83.7 Å². The number of nitro benzene ring substituents is 1. The second-order valence-corrected chi connectivity index (χ2v) is 24.7. The molecule has 0 bridgehead atoms. The Bertz CT molecular complexity index is 1130. The van der Waals surface area contributed by atoms with Gasteiger partial charge in [-0.3, -0.25) is 19.7 Å². The Hall–Kier alpha value is -1.90. The predicted molar refractivity (Wildman–Crippen MR) is 164 cm³/mol. The number of non-ortho nitro benzene ring substituents is 1. The number of rotatable bonds is 11. The highest BCUT2D eigenvalue weighted by Crippen LogP contribution is 2.48. The molecule has 0 aromatic heterocycles. The van der Waals surface area contributed by atoms with E-state index in [4.69, 9.17) is 9.16 Å². The van der Waals surface area contributed by atoms with Gasteiger partial charge in [0.1, 0.15) is 6.61 Å². The molecule has 1 heterocycles. The molecule has 1 aromatic carbocycles. The number of ketones is 1. The lowest BCUT2D eigenvalue weighted by atomic mass is 9.83. The molecular weight excluding hydrogens is 612 g/mol. The van der Waals surface area contributed by atoms with Crippen molar-refractivity contribution in [2.75, 3.05) is 0 Å². The molecule has 1 unspecified atom stereocenters. The number of amides is 1. The van der Waals surface area contributed by atoms with Crippen LogP contribution < -0.4 is 0 Å². The summed E-state index contributed by atoms with van der Waals surface area (Å²) in [6, 6.07) is 5.33. The SMILES string of the molecule is C[C@@H](O[Si](C)(C)C(C)(C)C)[C@H]1C(=O)N([Si](C)(C)C(C)(C)C)[C@@H]1CC(Br)C(=O)C(=O)OCc1ccc([N+](=O)[O-])cc1. The third-order valence-electron chi connectivity index (χ3n) is 8.95. The first-order valence-corrected chi connectivity index (χ1v) is 20.4. The topological polar surface area (TPSA) is 116 Å². The number of hydrogen-bond acceptors (Lipinski definition) is 7. The molecule has 224 valence electrons. The quantitative estimate of drug-likeness (QED) is 0.0501. The van der Waals surface area contributed by atoms with Crippen molar-refractivity contribution in [2.24, 2.45) is 5.92 Å². The second kappa shape index (κ2) is 12.1. The third kappa shape index (κ3) is 7.29. The second-order valence-electron chi connectivity index (χ2n) is 13.8. The Morgan fingerprint density at radius 2 is 1.57 bits per heavy atom. The number of benzene rings is 1. The van der Waals surface area contributed by atoms with E-state index < -0.39 is 44.0 Å². The van der Waals surface area contributed by atoms with E-state index in [9.17, 15) is 24.5 Å². The maximum Gasteiger partial charge on any atom is 0.376 e. The largest absolute Gasteiger partial charge is 0.455 e. The summed E-state index contributed by atoms with van der Waals surface area (Å²) in [6.45, 7) is 23.3. The zero-order valence-corrected chi connectivity index (χ0v) is 29.2. The van der Waals surface area contributed by atoms with Crippen LogP contribution in [0.5, 0.6) is 0 Å². The Balaban J connectivity index is 2.21. The van der Waals surface area contributed by atoms with Crippen molar-refractivity contribution < 1.29 is 28.5 Å². The Labute approximate surface area is 248 Å². The molecule has 4 atom stereocenters. The van der Waals surface area contributed by atoms with Crippen LogP contribution in [0.2, 0.25) is 36.3 Å². The number of carbonyl (C=O) groups excluding carboxylic acids is 3. The maximum atomic E-state index is 13.7. The van der Waals surface area contributed by atoms with Gasteiger partial charge in [0.2, 0.25) is 5.91 Å². The molecule has 0 radical (unpaired) electrons. The molecule has 1 saturated heterocycles. The van der Waals surface area contributed by atoms with Crippen molar-refractivity contribution in [3.63, 3.8) is 0 Å². The van der Waals surface area contributed by atoms with Crippen molar-refractivity contribution in [1.82, 2.24) is 4.57 Å². The molecule has 2 rings (SSSR count). The number of carbonyl (C=O) groups is 3. The Morgan fingerprint density at radius 1 is 1.05 bits per heavy atom. The highest BCUT2D eigenvalue weighted by Gasteiger charge is 2.60. The van der Waals surface area contributed by atoms with Crippen molar-refractivity contribution in [2.45, 2.75) is 115 Å². The van der Waals surface area contributed by atoms with Crippen molar-refractivity contribution in [3.8, 4) is 0 Å². The summed E-state index contributed by atoms with van der Waals surface area (Å²) < 4.78 is 13.8. The van der Waals surface area contributed by atoms with Crippen LogP contribution >= 0.6 is 15.9 Å². The van der Waals surface area contributed by atoms with Gasteiger partial charge in [0.25, 0.3) is 11.5 Å². The van der Waals surface area contributed by atoms with Crippen LogP contribution in [0.1, 0.15) is 60.5 Å². The molecule has 1 amide bonds. The first-order valence-electron chi connectivity index (χ1n) is 13.6. The van der Waals surface area contributed by atoms with Gasteiger partial charge in [-0.1, -0.05) is 70.6 Å². The lowest BCUT2D eigenvalue weighted by Gasteiger charge is -2.60. The summed E-state index contributed by atoms with van der Waals surface area (Å²) >= 11 is 3.43. The van der Waals surface area contributed by atoms with E-state index in [-0.39, 0.29) is 46.8 Å². The highest BCUT2D eigenvalue weighted by atomic mass is 79.9. The summed E-state index contributed by atoms with van der Waals surface area (Å²) in [4.78, 5) is 48.9. The number of esters is 1. The molecule has 0 spiro atoms. The van der Waals surface area contributed by atoms with E-state index in [1.165, 1.54) is 24.3 Å². The predicted octanol–water partition coefficient (Wildman–Crippen LogP) is 6.60. The molecule has 0 N–H and O–H groups in total. The molecule has 1 fully saturated rings. The molecule has 40 heavy (non-hydrogen) atoms. The molecule has 1 aromatic rings. The minimum absolute atomic E-state index is 0.0238. The molecule has 0 saturated carbocycles. The monoisotopic (exact) mass is 656 g/mol. The molecular formula is C28H45BrN2O7Si2. The first kappa shape index (κ1) is 34.3. The number of halogens is 1. The number of nitro groups is 1. The van der Waals surface area contributed by atoms with Crippen molar-refractivity contribution in [3.05, 3.63) is 39.9 Å². The van der Waals surface area contributed by atoms with Crippen LogP contribution in [0, 0.1) is 16.0 Å². The fraction of sp³-hybridized carbons (Fsp3) is 0.679. The number of β-lactam (4-membered cyclic amide) rings is 1. The summed E-state index contributed by atoms with van der Waals surface area (Å²) in [5.74, 6) is -2.08. The summed E-state index contributed by atoms with van der Waals surface area (Å²) in [5.41, 5.74) is 0.456. The molecule has 1 aliphatic heterocycles. The lowest BCUT2D eigenvalue weighted by Crippen LogP contribution is -2.75. The third-order valence-corrected chi connectivity index (χ3v) is 19.7. The van der Waals surface area contributed by atoms with Crippen LogP contribution in [0.4, 0.5) is 5.69 Å². The number of ether oxygens (including phenoxy) is 1. The van der Waals surface area contributed by atoms with E-state index in [1.54, 1.807) is 0 Å². The average Bonchev–Trinajstić information content (AvgIpc) is 2.79. The minimum atomic E-state index is -2.29. The van der Waals surface area contributed by atoms with Gasteiger partial charge in [-0.05, 0) is 54.2 Å². The zero-order valence-electron chi connectivity index (χ0n) is 25.7. The molecule has 0 aliphatic carbocycles. The highest BCUT2D eigenvalue weighted by molar-refractivity contribution is 9.10. The van der Waals surface area contributed by atoms with E-state index in [0.29, 0.717) is 5.56 Å². The summed E-state index contributed by atoms with van der Waals surface area (Å²) in [6.07, 6.45) is -0.0668. The van der Waals surface area contributed by atoms with Gasteiger partial charge in [-0.25, -0.2) is 4.79 Å². The van der Waals surface area contributed by atoms with Gasteiger partial charge in [-0.15, -0.1) is 0 Å². The normalized spacial score (nSPS) is 20.0. The Morgan fingerprint density at radius 3 is 2.02 bits per heavy atom. The van der Waals surface area contributed by atoms with E-state index in [1.807, 2.05) is 11.5 Å². The van der Waals surface area contributed by atoms with E-state index >= 15 is 0 Å². The van der Waals surface area contributed by atoms with Crippen molar-refractivity contribution in [1.29, 1.82) is 0 Å². The number of hydrogen-bond donors (Lipinski definition) is 0. The first-order chi connectivity index (χ1) is 18.0. The van der Waals surface area contributed by atoms with Crippen molar-refractivity contribution >= 4 is 55.8 Å². The van der Waals surface area contributed by atoms with Crippen LogP contribution in [0.3, 0.4) is 0 Å². The fourth-order valence-corrected chi connectivity index (χ4v) is 9.00. The average molecular weight is 658 g/mol. The van der Waals surface area contributed by atoms with Gasteiger partial charge < -0.3 is 13.7 Å². The smallest absolute Gasteiger partial charge is 0.376 e. The number of alkyl halides is 1. The van der Waals surface area contributed by atoms with Crippen LogP contribution in [0.15, 0.2) is 24.3 Å². The fourth-order valence-electron chi connectivity index (χ4n) is 4.48. The number of nitrogens with zero attached hydrogens (tertiary/aromatic N) is 2. The minimum Gasteiger partial charge on any atom is -0.455 e. The molecule has 1 aliphatic rings. The zero-order chi connectivity index (χ0) is 31.0. The summed E-state index contributed by atoms with van der Waals surface area (Å²) in [7, 11) is -4.45. The molecule has 12 heteroatoms. The Kier molecular flexibility index (Phi) is 10.4.